The SMILES string of the molecule is CCCNC(c1cc(C)nnc1CC)c1ccsc1C. The van der Waals surface area contributed by atoms with E-state index >= 15 is 0 Å². The molecular weight excluding hydrogens is 266 g/mol. The van der Waals surface area contributed by atoms with Gasteiger partial charge < -0.3 is 5.32 Å². The molecule has 2 aromatic rings. The van der Waals surface area contributed by atoms with Crippen molar-refractivity contribution in [3.8, 4) is 0 Å². The van der Waals surface area contributed by atoms with Crippen molar-refractivity contribution in [3.63, 3.8) is 0 Å². The zero-order chi connectivity index (χ0) is 14.5. The minimum absolute atomic E-state index is 0.227. The van der Waals surface area contributed by atoms with Gasteiger partial charge in [-0.15, -0.1) is 11.3 Å². The lowest BCUT2D eigenvalue weighted by molar-refractivity contribution is 0.588. The first-order valence-electron chi connectivity index (χ1n) is 7.27. The van der Waals surface area contributed by atoms with Crippen molar-refractivity contribution in [2.75, 3.05) is 6.54 Å². The summed E-state index contributed by atoms with van der Waals surface area (Å²) in [5, 5.41) is 14.4. The summed E-state index contributed by atoms with van der Waals surface area (Å²) in [7, 11) is 0. The number of hydrogen-bond acceptors (Lipinski definition) is 4. The second-order valence-corrected chi connectivity index (χ2v) is 6.18. The van der Waals surface area contributed by atoms with Crippen LogP contribution in [0.3, 0.4) is 0 Å². The fraction of sp³-hybridized carbons (Fsp3) is 0.500. The molecule has 2 aromatic heterocycles. The molecule has 0 aromatic carbocycles. The minimum Gasteiger partial charge on any atom is -0.306 e. The van der Waals surface area contributed by atoms with Crippen LogP contribution in [0.4, 0.5) is 0 Å². The topological polar surface area (TPSA) is 37.8 Å². The van der Waals surface area contributed by atoms with Crippen LogP contribution in [0.5, 0.6) is 0 Å². The maximum absolute atomic E-state index is 4.38. The fourth-order valence-corrected chi connectivity index (χ4v) is 3.17. The standard InChI is InChI=1S/C16H23N3S/c1-5-8-17-16(13-7-9-20-12(13)4)14-10-11(3)18-19-15(14)6-2/h7,9-10,16-17H,5-6,8H2,1-4H3. The highest BCUT2D eigenvalue weighted by atomic mass is 32.1. The average molecular weight is 289 g/mol. The molecule has 20 heavy (non-hydrogen) atoms. The van der Waals surface area contributed by atoms with E-state index in [9.17, 15) is 0 Å². The number of thiophene rings is 1. The molecule has 0 aliphatic rings. The van der Waals surface area contributed by atoms with Gasteiger partial charge in [-0.2, -0.15) is 10.2 Å². The van der Waals surface area contributed by atoms with E-state index in [1.54, 1.807) is 11.3 Å². The summed E-state index contributed by atoms with van der Waals surface area (Å²) in [6.45, 7) is 9.53. The van der Waals surface area contributed by atoms with Gasteiger partial charge in [0.05, 0.1) is 17.4 Å². The van der Waals surface area contributed by atoms with E-state index in [4.69, 9.17) is 0 Å². The summed E-state index contributed by atoms with van der Waals surface area (Å²) in [5.41, 5.74) is 4.71. The second-order valence-electron chi connectivity index (χ2n) is 5.06. The van der Waals surface area contributed by atoms with E-state index in [0.29, 0.717) is 0 Å². The molecule has 0 aliphatic carbocycles. The van der Waals surface area contributed by atoms with Gasteiger partial charge in [-0.25, -0.2) is 0 Å². The maximum Gasteiger partial charge on any atom is 0.0679 e. The van der Waals surface area contributed by atoms with Crippen LogP contribution in [0.2, 0.25) is 0 Å². The third-order valence-electron chi connectivity index (χ3n) is 3.48. The Bertz CT molecular complexity index is 563. The molecule has 2 heterocycles. The van der Waals surface area contributed by atoms with Crippen molar-refractivity contribution in [1.29, 1.82) is 0 Å². The predicted molar refractivity (Wildman–Crippen MR) is 85.3 cm³/mol. The molecule has 1 atom stereocenters. The van der Waals surface area contributed by atoms with Crippen molar-refractivity contribution in [2.45, 2.75) is 46.6 Å². The molecule has 1 N–H and O–H groups in total. The van der Waals surface area contributed by atoms with E-state index in [0.717, 1.165) is 30.8 Å². The number of aromatic nitrogens is 2. The molecule has 3 nitrogen and oxygen atoms in total. The van der Waals surface area contributed by atoms with Gasteiger partial charge in [0.2, 0.25) is 0 Å². The Labute approximate surface area is 125 Å². The highest BCUT2D eigenvalue weighted by Gasteiger charge is 2.20. The highest BCUT2D eigenvalue weighted by Crippen LogP contribution is 2.30. The van der Waals surface area contributed by atoms with E-state index in [1.807, 2.05) is 6.92 Å². The zero-order valence-corrected chi connectivity index (χ0v) is 13.5. The first-order chi connectivity index (χ1) is 9.67. The summed E-state index contributed by atoms with van der Waals surface area (Å²) < 4.78 is 0. The number of rotatable bonds is 6. The molecule has 0 radical (unpaired) electrons. The molecule has 1 unspecified atom stereocenters. The third kappa shape index (κ3) is 3.25. The lowest BCUT2D eigenvalue weighted by Gasteiger charge is -2.21. The Hall–Kier alpha value is -1.26. The summed E-state index contributed by atoms with van der Waals surface area (Å²) in [5.74, 6) is 0. The number of hydrogen-bond donors (Lipinski definition) is 1. The molecule has 0 spiro atoms. The van der Waals surface area contributed by atoms with Crippen LogP contribution in [0.1, 0.15) is 53.7 Å². The summed E-state index contributed by atoms with van der Waals surface area (Å²) in [4.78, 5) is 1.37. The molecule has 2 rings (SSSR count). The van der Waals surface area contributed by atoms with Gasteiger partial charge in [0, 0.05) is 4.88 Å². The molecule has 0 amide bonds. The van der Waals surface area contributed by atoms with Crippen LogP contribution >= 0.6 is 11.3 Å². The van der Waals surface area contributed by atoms with Gasteiger partial charge in [-0.1, -0.05) is 13.8 Å². The van der Waals surface area contributed by atoms with Crippen molar-refractivity contribution >= 4 is 11.3 Å². The van der Waals surface area contributed by atoms with E-state index in [-0.39, 0.29) is 6.04 Å². The first-order valence-corrected chi connectivity index (χ1v) is 8.15. The molecule has 0 bridgehead atoms. The number of aryl methyl sites for hydroxylation is 3. The monoisotopic (exact) mass is 289 g/mol. The summed E-state index contributed by atoms with van der Waals surface area (Å²) in [6.07, 6.45) is 2.04. The van der Waals surface area contributed by atoms with Crippen LogP contribution in [0, 0.1) is 13.8 Å². The lowest BCUT2D eigenvalue weighted by Crippen LogP contribution is -2.25. The highest BCUT2D eigenvalue weighted by molar-refractivity contribution is 7.10. The molecule has 0 aliphatic heterocycles. The van der Waals surface area contributed by atoms with Crippen LogP contribution < -0.4 is 5.32 Å². The smallest absolute Gasteiger partial charge is 0.0679 e. The summed E-state index contributed by atoms with van der Waals surface area (Å²) in [6, 6.07) is 4.63. The second kappa shape index (κ2) is 6.95. The largest absolute Gasteiger partial charge is 0.306 e. The molecule has 0 saturated carbocycles. The first kappa shape index (κ1) is 15.1. The summed E-state index contributed by atoms with van der Waals surface area (Å²) >= 11 is 1.80. The van der Waals surface area contributed by atoms with Gasteiger partial charge in [-0.05, 0) is 61.9 Å². The van der Waals surface area contributed by atoms with Crippen LogP contribution in [-0.4, -0.2) is 16.7 Å². The Morgan fingerprint density at radius 2 is 2.00 bits per heavy atom. The number of nitrogens with zero attached hydrogens (tertiary/aromatic N) is 2. The van der Waals surface area contributed by atoms with Gasteiger partial charge in [0.1, 0.15) is 0 Å². The van der Waals surface area contributed by atoms with E-state index < -0.39 is 0 Å². The molecular formula is C16H23N3S. The Morgan fingerprint density at radius 3 is 2.60 bits per heavy atom. The van der Waals surface area contributed by atoms with E-state index in [1.165, 1.54) is 16.0 Å². The van der Waals surface area contributed by atoms with Crippen LogP contribution in [-0.2, 0) is 6.42 Å². The lowest BCUT2D eigenvalue weighted by atomic mass is 9.96. The minimum atomic E-state index is 0.227. The Balaban J connectivity index is 2.46. The van der Waals surface area contributed by atoms with Gasteiger partial charge in [0.15, 0.2) is 0 Å². The molecule has 0 saturated heterocycles. The zero-order valence-electron chi connectivity index (χ0n) is 12.7. The van der Waals surface area contributed by atoms with Gasteiger partial charge >= 0.3 is 0 Å². The maximum atomic E-state index is 4.38. The quantitative estimate of drug-likeness (QED) is 0.879. The van der Waals surface area contributed by atoms with Crippen LogP contribution in [0.15, 0.2) is 17.5 Å². The normalized spacial score (nSPS) is 12.6. The van der Waals surface area contributed by atoms with Crippen molar-refractivity contribution < 1.29 is 0 Å². The number of nitrogens with one attached hydrogen (secondary N) is 1. The van der Waals surface area contributed by atoms with Gasteiger partial charge in [0.25, 0.3) is 0 Å². The molecule has 0 fully saturated rings. The fourth-order valence-electron chi connectivity index (χ4n) is 2.43. The van der Waals surface area contributed by atoms with Crippen LogP contribution in [0.25, 0.3) is 0 Å². The van der Waals surface area contributed by atoms with E-state index in [2.05, 4.69) is 53.8 Å². The Kier molecular flexibility index (Phi) is 5.26. The molecule has 4 heteroatoms. The van der Waals surface area contributed by atoms with Crippen molar-refractivity contribution in [3.05, 3.63) is 44.9 Å². The average Bonchev–Trinajstić information content (AvgIpc) is 2.86. The Morgan fingerprint density at radius 1 is 1.20 bits per heavy atom. The van der Waals surface area contributed by atoms with Crippen molar-refractivity contribution in [1.82, 2.24) is 15.5 Å². The third-order valence-corrected chi connectivity index (χ3v) is 4.34. The van der Waals surface area contributed by atoms with Gasteiger partial charge in [-0.3, -0.25) is 0 Å². The molecule has 108 valence electrons. The predicted octanol–water partition coefficient (Wildman–Crippen LogP) is 3.81. The van der Waals surface area contributed by atoms with Crippen molar-refractivity contribution in [2.24, 2.45) is 0 Å².